The van der Waals surface area contributed by atoms with Crippen LogP contribution in [-0.2, 0) is 4.79 Å². The minimum absolute atomic E-state index is 0.247. The Hall–Kier alpha value is 0.880. The molecular weight excluding hydrogens is 543 g/mol. The third-order valence-corrected chi connectivity index (χ3v) is 4.69. The first-order valence-electron chi connectivity index (χ1n) is 4.97. The van der Waals surface area contributed by atoms with Crippen molar-refractivity contribution >= 4 is 79.4 Å². The molecule has 0 atom stereocenters. The number of benzene rings is 1. The fourth-order valence-corrected chi connectivity index (χ4v) is 5.73. The maximum Gasteiger partial charge on any atom is 0.227 e. The molecule has 0 saturated carbocycles. The zero-order chi connectivity index (χ0) is 11.7. The van der Waals surface area contributed by atoms with E-state index in [-0.39, 0.29) is 5.91 Å². The van der Waals surface area contributed by atoms with Gasteiger partial charge in [-0.1, -0.05) is 0 Å². The van der Waals surface area contributed by atoms with Crippen molar-refractivity contribution in [3.8, 4) is 0 Å². The summed E-state index contributed by atoms with van der Waals surface area (Å²) in [7, 11) is 0. The lowest BCUT2D eigenvalue weighted by Crippen LogP contribution is -2.36. The van der Waals surface area contributed by atoms with E-state index in [1.54, 1.807) is 0 Å². The molecule has 16 heavy (non-hydrogen) atoms. The van der Waals surface area contributed by atoms with E-state index in [0.717, 1.165) is 35.8 Å². The quantitative estimate of drug-likeness (QED) is 0.486. The van der Waals surface area contributed by atoms with E-state index < -0.39 is 0 Å². The summed E-state index contributed by atoms with van der Waals surface area (Å²) in [5, 5.41) is 0. The van der Waals surface area contributed by atoms with Crippen molar-refractivity contribution in [1.29, 1.82) is 0 Å². The van der Waals surface area contributed by atoms with Crippen LogP contribution in [0.5, 0.6) is 0 Å². The van der Waals surface area contributed by atoms with Crippen LogP contribution in [0.15, 0.2) is 6.07 Å². The Morgan fingerprint density at radius 3 is 2.62 bits per heavy atom. The van der Waals surface area contributed by atoms with Gasteiger partial charge in [0, 0.05) is 29.7 Å². The van der Waals surface area contributed by atoms with Crippen LogP contribution >= 0.6 is 67.8 Å². The minimum Gasteiger partial charge on any atom is -0.310 e. The van der Waals surface area contributed by atoms with E-state index in [2.05, 4.69) is 79.9 Å². The molecule has 1 aromatic rings. The summed E-state index contributed by atoms with van der Waals surface area (Å²) in [6.07, 6.45) is 2.80. The van der Waals surface area contributed by atoms with E-state index in [9.17, 15) is 4.79 Å². The third kappa shape index (κ3) is 2.82. The fraction of sp³-hybridized carbons (Fsp3) is 0.364. The fourth-order valence-electron chi connectivity index (χ4n) is 1.77. The maximum atomic E-state index is 11.9. The molecule has 1 aliphatic rings. The molecule has 1 saturated heterocycles. The third-order valence-electron chi connectivity index (χ3n) is 2.51. The molecule has 1 heterocycles. The maximum absolute atomic E-state index is 11.9. The molecule has 85 valence electrons. The molecule has 2 nitrogen and oxygen atoms in total. The van der Waals surface area contributed by atoms with Gasteiger partial charge < -0.3 is 4.90 Å². The highest BCUT2D eigenvalue weighted by atomic mass is 127. The second-order valence-electron chi connectivity index (χ2n) is 3.63. The topological polar surface area (TPSA) is 20.3 Å². The van der Waals surface area contributed by atoms with Gasteiger partial charge in [0.2, 0.25) is 5.91 Å². The number of piperidine rings is 1. The van der Waals surface area contributed by atoms with Crippen molar-refractivity contribution in [2.24, 2.45) is 0 Å². The van der Waals surface area contributed by atoms with Crippen molar-refractivity contribution in [2.75, 3.05) is 11.4 Å². The molecule has 1 fully saturated rings. The molecule has 1 aromatic carbocycles. The van der Waals surface area contributed by atoms with Crippen LogP contribution in [0.3, 0.4) is 0 Å². The number of amides is 1. The lowest BCUT2D eigenvalue weighted by Gasteiger charge is -2.28. The predicted molar refractivity (Wildman–Crippen MR) is 89.6 cm³/mol. The lowest BCUT2D eigenvalue weighted by molar-refractivity contribution is -0.119. The lowest BCUT2D eigenvalue weighted by atomic mass is 10.1. The SMILES string of the molecule is O=C1CCCCN1c1c(I)[c]c(I)cc1I. The number of nitrogens with zero attached hydrogens (tertiary/aromatic N) is 1. The van der Waals surface area contributed by atoms with Crippen molar-refractivity contribution in [1.82, 2.24) is 0 Å². The number of carbonyl (C=O) groups is 1. The number of hydrogen-bond acceptors (Lipinski definition) is 1. The molecule has 5 heteroatoms. The van der Waals surface area contributed by atoms with Crippen LogP contribution in [0.4, 0.5) is 5.69 Å². The van der Waals surface area contributed by atoms with Gasteiger partial charge in [0.25, 0.3) is 0 Å². The molecule has 0 aromatic heterocycles. The van der Waals surface area contributed by atoms with Gasteiger partial charge in [-0.3, -0.25) is 4.79 Å². The van der Waals surface area contributed by atoms with Gasteiger partial charge in [0.1, 0.15) is 0 Å². The van der Waals surface area contributed by atoms with E-state index in [1.807, 2.05) is 4.90 Å². The number of hydrogen-bond donors (Lipinski definition) is 0. The van der Waals surface area contributed by atoms with Crippen LogP contribution in [-0.4, -0.2) is 12.5 Å². The van der Waals surface area contributed by atoms with Gasteiger partial charge >= 0.3 is 0 Å². The van der Waals surface area contributed by atoms with Crippen LogP contribution in [0.25, 0.3) is 0 Å². The largest absolute Gasteiger partial charge is 0.310 e. The molecule has 0 aliphatic carbocycles. The van der Waals surface area contributed by atoms with E-state index >= 15 is 0 Å². The average Bonchev–Trinajstić information content (AvgIpc) is 2.19. The summed E-state index contributed by atoms with van der Waals surface area (Å²) in [4.78, 5) is 13.8. The molecule has 2 rings (SSSR count). The second kappa shape index (κ2) is 5.68. The first-order chi connectivity index (χ1) is 7.59. The van der Waals surface area contributed by atoms with Crippen LogP contribution in [0.2, 0.25) is 0 Å². The Bertz CT molecular complexity index is 410. The summed E-state index contributed by atoms with van der Waals surface area (Å²) in [6, 6.07) is 5.34. The molecular formula is C11H9I3NO. The number of carbonyl (C=O) groups excluding carboxylic acids is 1. The highest BCUT2D eigenvalue weighted by Gasteiger charge is 2.23. The zero-order valence-corrected chi connectivity index (χ0v) is 14.9. The standard InChI is InChI=1S/C11H9I3NO/c12-7-5-8(13)11(9(14)6-7)15-4-2-1-3-10(15)16/h5H,1-4H2. The van der Waals surface area contributed by atoms with Crippen molar-refractivity contribution in [2.45, 2.75) is 19.3 Å². The van der Waals surface area contributed by atoms with Gasteiger partial charge in [-0.2, -0.15) is 0 Å². The molecule has 1 amide bonds. The van der Waals surface area contributed by atoms with Gasteiger partial charge in [0.05, 0.1) is 5.69 Å². The highest BCUT2D eigenvalue weighted by Crippen LogP contribution is 2.32. The van der Waals surface area contributed by atoms with Crippen molar-refractivity contribution in [3.05, 3.63) is 22.8 Å². The van der Waals surface area contributed by atoms with Gasteiger partial charge in [0.15, 0.2) is 0 Å². The van der Waals surface area contributed by atoms with Gasteiger partial charge in [-0.15, -0.1) is 0 Å². The monoisotopic (exact) mass is 552 g/mol. The second-order valence-corrected chi connectivity index (χ2v) is 7.03. The van der Waals surface area contributed by atoms with E-state index in [4.69, 9.17) is 0 Å². The molecule has 1 aliphatic heterocycles. The van der Waals surface area contributed by atoms with Crippen LogP contribution < -0.4 is 4.90 Å². The molecule has 0 spiro atoms. The Balaban J connectivity index is 2.42. The summed E-state index contributed by atoms with van der Waals surface area (Å²) in [6.45, 7) is 0.846. The smallest absolute Gasteiger partial charge is 0.227 e. The summed E-state index contributed by atoms with van der Waals surface area (Å²) >= 11 is 6.82. The Morgan fingerprint density at radius 2 is 2.00 bits per heavy atom. The first-order valence-corrected chi connectivity index (χ1v) is 8.20. The van der Waals surface area contributed by atoms with E-state index in [1.165, 1.54) is 0 Å². The zero-order valence-electron chi connectivity index (χ0n) is 8.40. The van der Waals surface area contributed by atoms with E-state index in [0.29, 0.717) is 6.42 Å². The Labute approximate surface area is 136 Å². The number of anilines is 1. The Morgan fingerprint density at radius 1 is 1.25 bits per heavy atom. The van der Waals surface area contributed by atoms with Crippen LogP contribution in [0.1, 0.15) is 19.3 Å². The Kier molecular flexibility index (Phi) is 4.73. The van der Waals surface area contributed by atoms with Crippen molar-refractivity contribution < 1.29 is 4.79 Å². The van der Waals surface area contributed by atoms with Crippen molar-refractivity contribution in [3.63, 3.8) is 0 Å². The van der Waals surface area contributed by atoms with Gasteiger partial charge in [-0.25, -0.2) is 0 Å². The normalized spacial score (nSPS) is 16.7. The predicted octanol–water partition coefficient (Wildman–Crippen LogP) is 3.82. The summed E-state index contributed by atoms with van der Waals surface area (Å²) in [5.41, 5.74) is 1.05. The average molecular weight is 552 g/mol. The number of rotatable bonds is 1. The van der Waals surface area contributed by atoms with Gasteiger partial charge in [-0.05, 0) is 86.7 Å². The highest BCUT2D eigenvalue weighted by molar-refractivity contribution is 14.1. The minimum atomic E-state index is 0.247. The molecule has 0 N–H and O–H groups in total. The molecule has 0 bridgehead atoms. The summed E-state index contributed by atoms with van der Waals surface area (Å²) in [5.74, 6) is 0.247. The molecule has 1 radical (unpaired) electrons. The first kappa shape index (κ1) is 13.3. The molecule has 0 unspecified atom stereocenters. The summed E-state index contributed by atoms with van der Waals surface area (Å²) < 4.78 is 3.28. The van der Waals surface area contributed by atoms with Crippen LogP contribution in [0, 0.1) is 16.8 Å². The number of halogens is 3.